The molecule has 0 bridgehead atoms. The molecule has 6 heteroatoms. The maximum Gasteiger partial charge on any atom is 0.153 e. The topological polar surface area (TPSA) is 56.3 Å². The molecule has 17 heavy (non-hydrogen) atoms. The fourth-order valence-corrected chi connectivity index (χ4v) is 2.28. The van der Waals surface area contributed by atoms with E-state index in [0.717, 1.165) is 11.4 Å². The lowest BCUT2D eigenvalue weighted by atomic mass is 10.3. The highest BCUT2D eigenvalue weighted by atomic mass is 79.9. The molecule has 96 valence electrons. The van der Waals surface area contributed by atoms with Crippen LogP contribution in [-0.2, 0) is 15.2 Å². The molecule has 0 aromatic carbocycles. The maximum atomic E-state index is 11.3. The zero-order chi connectivity index (χ0) is 12.9. The Balaban J connectivity index is 2.64. The lowest BCUT2D eigenvalue weighted by Gasteiger charge is -2.09. The number of hydrogen-bond acceptors (Lipinski definition) is 4. The van der Waals surface area contributed by atoms with Crippen molar-refractivity contribution in [2.24, 2.45) is 0 Å². The number of hydrogen-bond donors (Lipinski definition) is 0. The Morgan fingerprint density at radius 3 is 2.71 bits per heavy atom. The van der Waals surface area contributed by atoms with Crippen molar-refractivity contribution in [3.8, 4) is 5.75 Å². The van der Waals surface area contributed by atoms with E-state index in [-0.39, 0.29) is 18.1 Å². The van der Waals surface area contributed by atoms with Crippen LogP contribution in [0.2, 0.25) is 0 Å². The average Bonchev–Trinajstić information content (AvgIpc) is 2.30. The number of aromatic nitrogens is 1. The lowest BCUT2D eigenvalue weighted by Crippen LogP contribution is -2.16. The van der Waals surface area contributed by atoms with Crippen molar-refractivity contribution in [2.75, 3.05) is 18.1 Å². The van der Waals surface area contributed by atoms with Crippen molar-refractivity contribution in [2.45, 2.75) is 19.2 Å². The van der Waals surface area contributed by atoms with Crippen molar-refractivity contribution in [1.29, 1.82) is 0 Å². The highest BCUT2D eigenvalue weighted by Crippen LogP contribution is 2.19. The second-order valence-corrected chi connectivity index (χ2v) is 6.65. The molecular weight excluding hydrogens is 306 g/mol. The van der Waals surface area contributed by atoms with E-state index in [1.165, 1.54) is 0 Å². The van der Waals surface area contributed by atoms with E-state index in [2.05, 4.69) is 20.9 Å². The fraction of sp³-hybridized carbons (Fsp3) is 0.545. The molecule has 0 saturated heterocycles. The molecule has 1 aromatic rings. The van der Waals surface area contributed by atoms with Gasteiger partial charge in [-0.3, -0.25) is 4.98 Å². The van der Waals surface area contributed by atoms with Gasteiger partial charge in [-0.15, -0.1) is 0 Å². The van der Waals surface area contributed by atoms with Gasteiger partial charge in [0.25, 0.3) is 0 Å². The normalized spacial score (nSPS) is 11.5. The molecule has 0 fully saturated rings. The molecule has 0 aliphatic rings. The zero-order valence-corrected chi connectivity index (χ0v) is 12.3. The van der Waals surface area contributed by atoms with Gasteiger partial charge in [-0.1, -0.05) is 22.9 Å². The van der Waals surface area contributed by atoms with Gasteiger partial charge in [-0.05, 0) is 19.1 Å². The van der Waals surface area contributed by atoms with E-state index < -0.39 is 9.84 Å². The van der Waals surface area contributed by atoms with Crippen LogP contribution in [0.25, 0.3) is 0 Å². The molecule has 0 aliphatic carbocycles. The first kappa shape index (κ1) is 14.4. The van der Waals surface area contributed by atoms with Crippen LogP contribution in [0.15, 0.2) is 12.1 Å². The monoisotopic (exact) mass is 321 g/mol. The average molecular weight is 322 g/mol. The van der Waals surface area contributed by atoms with Gasteiger partial charge in [0.15, 0.2) is 9.84 Å². The van der Waals surface area contributed by atoms with Gasteiger partial charge in [-0.25, -0.2) is 8.42 Å². The first-order chi connectivity index (χ1) is 7.98. The van der Waals surface area contributed by atoms with Crippen LogP contribution in [0.3, 0.4) is 0 Å². The first-order valence-corrected chi connectivity index (χ1v) is 8.28. The van der Waals surface area contributed by atoms with E-state index in [4.69, 9.17) is 4.74 Å². The summed E-state index contributed by atoms with van der Waals surface area (Å²) in [5.74, 6) is 0.825. The smallest absolute Gasteiger partial charge is 0.153 e. The third-order valence-corrected chi connectivity index (χ3v) is 4.49. The molecule has 0 saturated carbocycles. The quantitative estimate of drug-likeness (QED) is 0.753. The Bertz CT molecular complexity index is 474. The summed E-state index contributed by atoms with van der Waals surface area (Å²) in [6.07, 6.45) is 0. The van der Waals surface area contributed by atoms with Crippen LogP contribution < -0.4 is 4.74 Å². The standard InChI is InChI=1S/C11H16BrNO3S/c1-3-17(14,15)7-6-16-11-5-4-9(2)13-10(11)8-12/h4-5H,3,6-8H2,1-2H3. The molecule has 4 nitrogen and oxygen atoms in total. The summed E-state index contributed by atoms with van der Waals surface area (Å²) < 4.78 is 28.0. The van der Waals surface area contributed by atoms with Crippen LogP contribution in [0, 0.1) is 6.92 Å². The fourth-order valence-electron chi connectivity index (χ4n) is 1.25. The van der Waals surface area contributed by atoms with E-state index >= 15 is 0 Å². The van der Waals surface area contributed by atoms with Crippen LogP contribution in [-0.4, -0.2) is 31.5 Å². The number of pyridine rings is 1. The molecule has 0 atom stereocenters. The predicted molar refractivity (Wildman–Crippen MR) is 71.4 cm³/mol. The Morgan fingerprint density at radius 2 is 2.12 bits per heavy atom. The number of alkyl halides is 1. The summed E-state index contributed by atoms with van der Waals surface area (Å²) in [6, 6.07) is 3.66. The Morgan fingerprint density at radius 1 is 1.41 bits per heavy atom. The minimum atomic E-state index is -2.97. The number of sulfone groups is 1. The number of halogens is 1. The lowest BCUT2D eigenvalue weighted by molar-refractivity contribution is 0.336. The number of aryl methyl sites for hydroxylation is 1. The van der Waals surface area contributed by atoms with Crippen molar-refractivity contribution in [3.05, 3.63) is 23.5 Å². The van der Waals surface area contributed by atoms with Gasteiger partial charge in [0, 0.05) is 16.8 Å². The van der Waals surface area contributed by atoms with Gasteiger partial charge >= 0.3 is 0 Å². The summed E-state index contributed by atoms with van der Waals surface area (Å²) in [7, 11) is -2.97. The summed E-state index contributed by atoms with van der Waals surface area (Å²) in [4.78, 5) is 4.31. The molecule has 1 rings (SSSR count). The summed E-state index contributed by atoms with van der Waals surface area (Å²) in [5, 5.41) is 0.588. The molecule has 0 aliphatic heterocycles. The van der Waals surface area contributed by atoms with Gasteiger partial charge in [0.2, 0.25) is 0 Å². The summed E-state index contributed by atoms with van der Waals surface area (Å²) >= 11 is 3.33. The molecule has 1 aromatic heterocycles. The molecule has 0 amide bonds. The van der Waals surface area contributed by atoms with E-state index in [0.29, 0.717) is 11.1 Å². The van der Waals surface area contributed by atoms with Crippen molar-refractivity contribution < 1.29 is 13.2 Å². The molecule has 0 N–H and O–H groups in total. The van der Waals surface area contributed by atoms with Crippen LogP contribution >= 0.6 is 15.9 Å². The van der Waals surface area contributed by atoms with Gasteiger partial charge in [0.1, 0.15) is 12.4 Å². The molecule has 0 radical (unpaired) electrons. The van der Waals surface area contributed by atoms with Crippen LogP contribution in [0.4, 0.5) is 0 Å². The van der Waals surface area contributed by atoms with E-state index in [9.17, 15) is 8.42 Å². The van der Waals surface area contributed by atoms with Crippen molar-refractivity contribution in [1.82, 2.24) is 4.98 Å². The predicted octanol–water partition coefficient (Wildman–Crippen LogP) is 2.10. The van der Waals surface area contributed by atoms with E-state index in [1.807, 2.05) is 19.1 Å². The van der Waals surface area contributed by atoms with Crippen molar-refractivity contribution >= 4 is 25.8 Å². The van der Waals surface area contributed by atoms with Crippen molar-refractivity contribution in [3.63, 3.8) is 0 Å². The Hall–Kier alpha value is -0.620. The summed E-state index contributed by atoms with van der Waals surface area (Å²) in [6.45, 7) is 3.70. The SMILES string of the molecule is CCS(=O)(=O)CCOc1ccc(C)nc1CBr. The zero-order valence-electron chi connectivity index (χ0n) is 9.94. The number of nitrogens with zero attached hydrogens (tertiary/aromatic N) is 1. The van der Waals surface area contributed by atoms with Crippen LogP contribution in [0.5, 0.6) is 5.75 Å². The Labute approximate surface area is 110 Å². The minimum Gasteiger partial charge on any atom is -0.491 e. The van der Waals surface area contributed by atoms with Gasteiger partial charge in [-0.2, -0.15) is 0 Å². The van der Waals surface area contributed by atoms with Gasteiger partial charge in [0.05, 0.1) is 11.4 Å². The molecule has 1 heterocycles. The largest absolute Gasteiger partial charge is 0.491 e. The van der Waals surface area contributed by atoms with Crippen LogP contribution in [0.1, 0.15) is 18.3 Å². The molecular formula is C11H16BrNO3S. The third kappa shape index (κ3) is 4.63. The Kier molecular flexibility index (Phi) is 5.39. The second kappa shape index (κ2) is 6.35. The second-order valence-electron chi connectivity index (χ2n) is 3.62. The minimum absolute atomic E-state index is 0.0408. The number of rotatable bonds is 6. The van der Waals surface area contributed by atoms with Gasteiger partial charge < -0.3 is 4.74 Å². The number of ether oxygens (including phenoxy) is 1. The highest BCUT2D eigenvalue weighted by molar-refractivity contribution is 9.08. The maximum absolute atomic E-state index is 11.3. The third-order valence-electron chi connectivity index (χ3n) is 2.29. The molecule has 0 spiro atoms. The summed E-state index contributed by atoms with van der Waals surface area (Å²) in [5.41, 5.74) is 1.70. The van der Waals surface area contributed by atoms with E-state index in [1.54, 1.807) is 6.92 Å². The molecule has 0 unspecified atom stereocenters. The first-order valence-electron chi connectivity index (χ1n) is 5.34. The highest BCUT2D eigenvalue weighted by Gasteiger charge is 2.09.